The van der Waals surface area contributed by atoms with Crippen molar-refractivity contribution < 1.29 is 9.59 Å². The summed E-state index contributed by atoms with van der Waals surface area (Å²) < 4.78 is 2.22. The Balaban J connectivity index is 1.33. The first-order valence-electron chi connectivity index (χ1n) is 13.1. The molecule has 2 amide bonds. The third-order valence-electron chi connectivity index (χ3n) is 7.43. The number of benzene rings is 2. The van der Waals surface area contributed by atoms with E-state index >= 15 is 0 Å². The molecule has 5 nitrogen and oxygen atoms in total. The minimum Gasteiger partial charge on any atom is -0.345 e. The molecule has 36 heavy (non-hydrogen) atoms. The zero-order valence-electron chi connectivity index (χ0n) is 20.7. The van der Waals surface area contributed by atoms with Gasteiger partial charge in [-0.25, -0.2) is 0 Å². The SMILES string of the molecule is O=C(CN(C(=O)c1ccc(Cl)cc1)C1CCCCC1)N(Cc1cccn1Cc1ccccc1)C1CC1. The number of nitrogens with zero attached hydrogens (tertiary/aromatic N) is 3. The van der Waals surface area contributed by atoms with Gasteiger partial charge in [0.25, 0.3) is 5.91 Å². The highest BCUT2D eigenvalue weighted by atomic mass is 35.5. The summed E-state index contributed by atoms with van der Waals surface area (Å²) in [6.07, 6.45) is 9.44. The van der Waals surface area contributed by atoms with Gasteiger partial charge in [-0.05, 0) is 67.6 Å². The van der Waals surface area contributed by atoms with E-state index in [1.54, 1.807) is 24.3 Å². The maximum atomic E-state index is 13.8. The number of carbonyl (C=O) groups is 2. The molecule has 0 bridgehead atoms. The fraction of sp³-hybridized carbons (Fsp3) is 0.400. The maximum absolute atomic E-state index is 13.8. The zero-order chi connectivity index (χ0) is 24.9. The quantitative estimate of drug-likeness (QED) is 0.351. The predicted molar refractivity (Wildman–Crippen MR) is 143 cm³/mol. The first-order valence-corrected chi connectivity index (χ1v) is 13.5. The standard InChI is InChI=1S/C30H34ClN3O2/c31-25-15-13-24(14-16-25)30(36)34(26-10-5-2-6-11-26)22-29(35)33(27-17-18-27)21-28-12-7-19-32(28)20-23-8-3-1-4-9-23/h1,3-4,7-9,12-16,19,26-27H,2,5-6,10-11,17-18,20-22H2. The molecule has 2 saturated carbocycles. The van der Waals surface area contributed by atoms with Crippen molar-refractivity contribution in [3.05, 3.63) is 94.8 Å². The van der Waals surface area contributed by atoms with Crippen molar-refractivity contribution in [3.8, 4) is 0 Å². The molecule has 1 aromatic heterocycles. The zero-order valence-corrected chi connectivity index (χ0v) is 21.4. The normalized spacial score (nSPS) is 16.0. The number of rotatable bonds is 9. The number of aromatic nitrogens is 1. The van der Waals surface area contributed by atoms with Crippen LogP contribution in [0, 0.1) is 0 Å². The Morgan fingerprint density at radius 1 is 0.806 bits per heavy atom. The highest BCUT2D eigenvalue weighted by Gasteiger charge is 2.36. The van der Waals surface area contributed by atoms with Gasteiger partial charge in [-0.1, -0.05) is 61.2 Å². The fourth-order valence-corrected chi connectivity index (χ4v) is 5.39. The van der Waals surface area contributed by atoms with Gasteiger partial charge in [-0.15, -0.1) is 0 Å². The molecule has 0 spiro atoms. The lowest BCUT2D eigenvalue weighted by molar-refractivity contribution is -0.133. The monoisotopic (exact) mass is 503 g/mol. The molecule has 188 valence electrons. The number of hydrogen-bond acceptors (Lipinski definition) is 2. The summed E-state index contributed by atoms with van der Waals surface area (Å²) in [5.74, 6) is -0.0343. The molecule has 0 unspecified atom stereocenters. The largest absolute Gasteiger partial charge is 0.345 e. The summed E-state index contributed by atoms with van der Waals surface area (Å²) in [4.78, 5) is 31.2. The lowest BCUT2D eigenvalue weighted by atomic mass is 9.93. The number of amides is 2. The number of carbonyl (C=O) groups excluding carboxylic acids is 2. The van der Waals surface area contributed by atoms with Crippen LogP contribution in [0.5, 0.6) is 0 Å². The van der Waals surface area contributed by atoms with Gasteiger partial charge in [-0.3, -0.25) is 9.59 Å². The fourth-order valence-electron chi connectivity index (χ4n) is 5.26. The molecule has 0 atom stereocenters. The van der Waals surface area contributed by atoms with E-state index in [0.717, 1.165) is 50.8 Å². The summed E-state index contributed by atoms with van der Waals surface area (Å²) in [5, 5.41) is 0.602. The highest BCUT2D eigenvalue weighted by Crippen LogP contribution is 2.30. The molecule has 0 N–H and O–H groups in total. The van der Waals surface area contributed by atoms with Crippen LogP contribution in [-0.2, 0) is 17.9 Å². The summed E-state index contributed by atoms with van der Waals surface area (Å²) in [7, 11) is 0. The van der Waals surface area contributed by atoms with E-state index in [9.17, 15) is 9.59 Å². The molecule has 2 aromatic carbocycles. The Kier molecular flexibility index (Phi) is 7.76. The molecule has 1 heterocycles. The summed E-state index contributed by atoms with van der Waals surface area (Å²) in [5.41, 5.74) is 2.94. The van der Waals surface area contributed by atoms with E-state index in [0.29, 0.717) is 17.1 Å². The molecule has 5 rings (SSSR count). The summed E-state index contributed by atoms with van der Waals surface area (Å²) in [6, 6.07) is 21.9. The molecular weight excluding hydrogens is 470 g/mol. The van der Waals surface area contributed by atoms with Crippen LogP contribution in [0.15, 0.2) is 72.9 Å². The first-order chi connectivity index (χ1) is 17.6. The first kappa shape index (κ1) is 24.6. The average molecular weight is 504 g/mol. The Bertz CT molecular complexity index is 1160. The maximum Gasteiger partial charge on any atom is 0.254 e. The van der Waals surface area contributed by atoms with Crippen molar-refractivity contribution in [2.75, 3.05) is 6.54 Å². The molecule has 2 fully saturated rings. The minimum absolute atomic E-state index is 0.0397. The highest BCUT2D eigenvalue weighted by molar-refractivity contribution is 6.30. The summed E-state index contributed by atoms with van der Waals surface area (Å²) in [6.45, 7) is 1.47. The van der Waals surface area contributed by atoms with Crippen LogP contribution in [0.25, 0.3) is 0 Å². The van der Waals surface area contributed by atoms with Crippen molar-refractivity contribution in [2.45, 2.75) is 70.1 Å². The molecule has 0 radical (unpaired) electrons. The van der Waals surface area contributed by atoms with E-state index in [1.807, 2.05) is 21.9 Å². The predicted octanol–water partition coefficient (Wildman–Crippen LogP) is 6.16. The Morgan fingerprint density at radius 3 is 2.19 bits per heavy atom. The Labute approximate surface area is 218 Å². The van der Waals surface area contributed by atoms with Crippen LogP contribution in [0.2, 0.25) is 5.02 Å². The van der Waals surface area contributed by atoms with Crippen molar-refractivity contribution in [2.24, 2.45) is 0 Å². The van der Waals surface area contributed by atoms with Crippen LogP contribution in [0.3, 0.4) is 0 Å². The third kappa shape index (κ3) is 6.01. The lowest BCUT2D eigenvalue weighted by Gasteiger charge is -2.35. The van der Waals surface area contributed by atoms with E-state index in [2.05, 4.69) is 41.1 Å². The Morgan fingerprint density at radius 2 is 1.50 bits per heavy atom. The van der Waals surface area contributed by atoms with E-state index in [-0.39, 0.29) is 30.4 Å². The van der Waals surface area contributed by atoms with Crippen LogP contribution in [0.1, 0.15) is 66.6 Å². The van der Waals surface area contributed by atoms with E-state index < -0.39 is 0 Å². The van der Waals surface area contributed by atoms with Crippen molar-refractivity contribution in [1.82, 2.24) is 14.4 Å². The molecule has 0 saturated heterocycles. The molecule has 2 aliphatic carbocycles. The van der Waals surface area contributed by atoms with Crippen LogP contribution in [0.4, 0.5) is 0 Å². The van der Waals surface area contributed by atoms with Gasteiger partial charge in [0.1, 0.15) is 6.54 Å². The second kappa shape index (κ2) is 11.3. The third-order valence-corrected chi connectivity index (χ3v) is 7.68. The second-order valence-corrected chi connectivity index (χ2v) is 10.5. The number of halogens is 1. The van der Waals surface area contributed by atoms with Gasteiger partial charge in [0.15, 0.2) is 0 Å². The van der Waals surface area contributed by atoms with Gasteiger partial charge in [0.2, 0.25) is 5.91 Å². The Hall–Kier alpha value is -3.05. The van der Waals surface area contributed by atoms with Gasteiger partial charge in [-0.2, -0.15) is 0 Å². The van der Waals surface area contributed by atoms with Crippen LogP contribution < -0.4 is 0 Å². The topological polar surface area (TPSA) is 45.6 Å². The van der Waals surface area contributed by atoms with E-state index in [1.165, 1.54) is 12.0 Å². The van der Waals surface area contributed by atoms with Crippen molar-refractivity contribution >= 4 is 23.4 Å². The van der Waals surface area contributed by atoms with Crippen LogP contribution >= 0.6 is 11.6 Å². The van der Waals surface area contributed by atoms with Crippen molar-refractivity contribution in [3.63, 3.8) is 0 Å². The van der Waals surface area contributed by atoms with Gasteiger partial charge >= 0.3 is 0 Å². The van der Waals surface area contributed by atoms with Crippen molar-refractivity contribution in [1.29, 1.82) is 0 Å². The van der Waals surface area contributed by atoms with Gasteiger partial charge in [0.05, 0.1) is 6.54 Å². The van der Waals surface area contributed by atoms with Crippen LogP contribution in [-0.4, -0.2) is 44.8 Å². The average Bonchev–Trinajstić information content (AvgIpc) is 3.66. The minimum atomic E-state index is -0.0740. The molecule has 6 heteroatoms. The second-order valence-electron chi connectivity index (χ2n) is 10.1. The lowest BCUT2D eigenvalue weighted by Crippen LogP contribution is -2.48. The summed E-state index contributed by atoms with van der Waals surface area (Å²) >= 11 is 6.06. The number of hydrogen-bond donors (Lipinski definition) is 0. The van der Waals surface area contributed by atoms with Gasteiger partial charge in [0, 0.05) is 41.1 Å². The molecule has 3 aromatic rings. The molecular formula is C30H34ClN3O2. The molecule has 0 aliphatic heterocycles. The smallest absolute Gasteiger partial charge is 0.254 e. The van der Waals surface area contributed by atoms with Gasteiger partial charge < -0.3 is 14.4 Å². The molecule has 2 aliphatic rings. The van der Waals surface area contributed by atoms with E-state index in [4.69, 9.17) is 11.6 Å².